The molecule has 0 bridgehead atoms. The molecule has 2 aromatic carbocycles. The second-order valence-corrected chi connectivity index (χ2v) is 9.76. The molecule has 0 aromatic heterocycles. The van der Waals surface area contributed by atoms with Crippen molar-refractivity contribution in [3.05, 3.63) is 74.8 Å². The Morgan fingerprint density at radius 2 is 1.87 bits per heavy atom. The van der Waals surface area contributed by atoms with Crippen LogP contribution in [0.4, 0.5) is 5.69 Å². The number of aryl methyl sites for hydroxylation is 1. The van der Waals surface area contributed by atoms with Crippen LogP contribution in [-0.4, -0.2) is 22.1 Å². The molecule has 31 heavy (non-hydrogen) atoms. The fraction of sp³-hybridized carbons (Fsp3) is 0.480. The number of rotatable bonds is 4. The van der Waals surface area contributed by atoms with E-state index in [1.165, 1.54) is 35.4 Å². The largest absolute Gasteiger partial charge is 0.457 e. The van der Waals surface area contributed by atoms with Crippen LogP contribution in [0.5, 0.6) is 0 Å². The number of ether oxygens (including phenoxy) is 1. The Balaban J connectivity index is 1.48. The van der Waals surface area contributed by atoms with Gasteiger partial charge in [-0.05, 0) is 71.3 Å². The highest BCUT2D eigenvalue weighted by molar-refractivity contribution is 5.89. The molecule has 2 aromatic rings. The van der Waals surface area contributed by atoms with Gasteiger partial charge in [0.15, 0.2) is 0 Å². The van der Waals surface area contributed by atoms with Crippen molar-refractivity contribution in [2.24, 2.45) is 11.3 Å². The van der Waals surface area contributed by atoms with Crippen LogP contribution in [0.15, 0.2) is 42.5 Å². The molecule has 164 valence electrons. The molecule has 0 radical (unpaired) electrons. The second kappa shape index (κ2) is 7.75. The predicted octanol–water partition coefficient (Wildman–Crippen LogP) is 4.95. The molecule has 4 rings (SSSR count). The number of benzene rings is 2. The third-order valence-electron chi connectivity index (χ3n) is 7.63. The minimum absolute atomic E-state index is 0.0459. The van der Waals surface area contributed by atoms with Gasteiger partial charge in [-0.15, -0.1) is 0 Å². The summed E-state index contributed by atoms with van der Waals surface area (Å²) >= 11 is 0. The number of nitro groups is 1. The Kier molecular flexibility index (Phi) is 5.38. The zero-order chi connectivity index (χ0) is 22.4. The highest BCUT2D eigenvalue weighted by Crippen LogP contribution is 2.57. The maximum Gasteiger partial charge on any atom is 0.338 e. The number of carbonyl (C=O) groups excluding carboxylic acids is 1. The molecule has 2 aliphatic rings. The van der Waals surface area contributed by atoms with Gasteiger partial charge in [-0.2, -0.15) is 0 Å². The summed E-state index contributed by atoms with van der Waals surface area (Å²) in [5, 5.41) is 21.3. The lowest BCUT2D eigenvalue weighted by molar-refractivity contribution is -0.384. The number of esters is 1. The second-order valence-electron chi connectivity index (χ2n) is 9.76. The van der Waals surface area contributed by atoms with Crippen LogP contribution in [0.25, 0.3) is 0 Å². The summed E-state index contributed by atoms with van der Waals surface area (Å²) in [6, 6.07) is 11.8. The fourth-order valence-electron chi connectivity index (χ4n) is 5.80. The molecule has 0 saturated heterocycles. The Labute approximate surface area is 182 Å². The van der Waals surface area contributed by atoms with E-state index >= 15 is 0 Å². The summed E-state index contributed by atoms with van der Waals surface area (Å²) in [6.07, 6.45) is 3.53. The van der Waals surface area contributed by atoms with Gasteiger partial charge in [-0.3, -0.25) is 10.1 Å². The summed E-state index contributed by atoms with van der Waals surface area (Å²) in [6.45, 7) is 6.87. The fourth-order valence-corrected chi connectivity index (χ4v) is 5.80. The van der Waals surface area contributed by atoms with E-state index in [1.54, 1.807) is 0 Å². The van der Waals surface area contributed by atoms with Gasteiger partial charge < -0.3 is 9.84 Å². The number of hydrogen-bond acceptors (Lipinski definition) is 5. The van der Waals surface area contributed by atoms with Crippen molar-refractivity contribution in [2.75, 3.05) is 0 Å². The summed E-state index contributed by atoms with van der Waals surface area (Å²) < 4.78 is 5.44. The smallest absolute Gasteiger partial charge is 0.338 e. The third kappa shape index (κ3) is 3.74. The molecule has 1 saturated carbocycles. The van der Waals surface area contributed by atoms with E-state index in [2.05, 4.69) is 32.9 Å². The van der Waals surface area contributed by atoms with Crippen LogP contribution in [0.3, 0.4) is 0 Å². The predicted molar refractivity (Wildman–Crippen MR) is 117 cm³/mol. The van der Waals surface area contributed by atoms with E-state index in [1.807, 2.05) is 6.07 Å². The van der Waals surface area contributed by atoms with Gasteiger partial charge in [0.2, 0.25) is 0 Å². The standard InChI is InChI=1S/C25H29NO5/c1-24(2)21-11-7-18-14-16(4-10-20(18)25(21,3)13-12-22(24)27)15-31-23(28)17-5-8-19(9-6-17)26(29)30/h4-6,8-10,14,21-22,27H,7,11-13,15H2,1-3H3/t21-,22-,25+/m0/s1. The highest BCUT2D eigenvalue weighted by Gasteiger charge is 2.53. The highest BCUT2D eigenvalue weighted by atomic mass is 16.6. The molecule has 0 unspecified atom stereocenters. The molecule has 0 amide bonds. The minimum Gasteiger partial charge on any atom is -0.457 e. The minimum atomic E-state index is -0.499. The molecule has 0 heterocycles. The van der Waals surface area contributed by atoms with E-state index in [9.17, 15) is 20.0 Å². The molecule has 6 nitrogen and oxygen atoms in total. The first kappa shape index (κ1) is 21.5. The van der Waals surface area contributed by atoms with E-state index in [0.29, 0.717) is 11.5 Å². The van der Waals surface area contributed by atoms with Gasteiger partial charge in [0.1, 0.15) is 6.61 Å². The zero-order valence-electron chi connectivity index (χ0n) is 18.3. The molecule has 1 N–H and O–H groups in total. The Morgan fingerprint density at radius 1 is 1.16 bits per heavy atom. The van der Waals surface area contributed by atoms with Crippen LogP contribution in [0.1, 0.15) is 67.1 Å². The molecule has 6 heteroatoms. The van der Waals surface area contributed by atoms with Crippen molar-refractivity contribution in [3.63, 3.8) is 0 Å². The number of fused-ring (bicyclic) bond motifs is 3. The number of non-ortho nitro benzene ring substituents is 1. The average molecular weight is 424 g/mol. The van der Waals surface area contributed by atoms with Gasteiger partial charge in [-0.1, -0.05) is 39.0 Å². The normalized spacial score (nSPS) is 26.5. The Morgan fingerprint density at radius 3 is 2.55 bits per heavy atom. The van der Waals surface area contributed by atoms with Crippen LogP contribution >= 0.6 is 0 Å². The van der Waals surface area contributed by atoms with Gasteiger partial charge >= 0.3 is 5.97 Å². The monoisotopic (exact) mass is 423 g/mol. The molecular formula is C25H29NO5. The molecule has 0 spiro atoms. The molecule has 2 aliphatic carbocycles. The number of nitro benzene ring substituents is 1. The molecule has 1 fully saturated rings. The maximum atomic E-state index is 12.3. The lowest BCUT2D eigenvalue weighted by Gasteiger charge is -2.56. The van der Waals surface area contributed by atoms with Crippen LogP contribution in [0, 0.1) is 21.4 Å². The van der Waals surface area contributed by atoms with E-state index in [4.69, 9.17) is 4.74 Å². The summed E-state index contributed by atoms with van der Waals surface area (Å²) in [4.78, 5) is 22.6. The Hall–Kier alpha value is -2.73. The lowest BCUT2D eigenvalue weighted by Crippen LogP contribution is -2.53. The van der Waals surface area contributed by atoms with E-state index < -0.39 is 10.9 Å². The van der Waals surface area contributed by atoms with E-state index in [0.717, 1.165) is 31.2 Å². The molecule has 3 atom stereocenters. The molecular weight excluding hydrogens is 394 g/mol. The Bertz CT molecular complexity index is 1010. The van der Waals surface area contributed by atoms with Crippen LogP contribution in [-0.2, 0) is 23.2 Å². The first-order valence-corrected chi connectivity index (χ1v) is 10.8. The topological polar surface area (TPSA) is 89.7 Å². The molecule has 0 aliphatic heterocycles. The van der Waals surface area contributed by atoms with Crippen molar-refractivity contribution < 1.29 is 19.6 Å². The van der Waals surface area contributed by atoms with Crippen molar-refractivity contribution >= 4 is 11.7 Å². The number of aliphatic hydroxyl groups excluding tert-OH is 1. The van der Waals surface area contributed by atoms with Crippen LogP contribution in [0.2, 0.25) is 0 Å². The number of hydrogen-bond donors (Lipinski definition) is 1. The first-order valence-electron chi connectivity index (χ1n) is 10.8. The van der Waals surface area contributed by atoms with E-state index in [-0.39, 0.29) is 29.2 Å². The number of aliphatic hydroxyl groups is 1. The number of nitrogens with zero attached hydrogens (tertiary/aromatic N) is 1. The van der Waals surface area contributed by atoms with Gasteiger partial charge in [0.25, 0.3) is 5.69 Å². The SMILES string of the molecule is CC1(C)[C@@H](O)CC[C@]2(C)c3ccc(COC(=O)c4ccc([N+](=O)[O-])cc4)cc3CC[C@@H]12. The van der Waals surface area contributed by atoms with Gasteiger partial charge in [0, 0.05) is 12.1 Å². The summed E-state index contributed by atoms with van der Waals surface area (Å²) in [5.74, 6) is -0.0651. The summed E-state index contributed by atoms with van der Waals surface area (Å²) in [5.41, 5.74) is 3.77. The van der Waals surface area contributed by atoms with Crippen molar-refractivity contribution in [3.8, 4) is 0 Å². The maximum absolute atomic E-state index is 12.3. The summed E-state index contributed by atoms with van der Waals surface area (Å²) in [7, 11) is 0. The lowest BCUT2D eigenvalue weighted by atomic mass is 9.49. The zero-order valence-corrected chi connectivity index (χ0v) is 18.3. The van der Waals surface area contributed by atoms with Crippen LogP contribution < -0.4 is 0 Å². The van der Waals surface area contributed by atoms with Crippen molar-refractivity contribution in [2.45, 2.75) is 64.6 Å². The van der Waals surface area contributed by atoms with Crippen molar-refractivity contribution in [1.82, 2.24) is 0 Å². The van der Waals surface area contributed by atoms with Gasteiger partial charge in [0.05, 0.1) is 16.6 Å². The van der Waals surface area contributed by atoms with Gasteiger partial charge in [-0.25, -0.2) is 4.79 Å². The third-order valence-corrected chi connectivity index (χ3v) is 7.63. The number of carbonyl (C=O) groups is 1. The first-order chi connectivity index (χ1) is 14.6. The quantitative estimate of drug-likeness (QED) is 0.427. The average Bonchev–Trinajstić information content (AvgIpc) is 2.75. The van der Waals surface area contributed by atoms with Crippen molar-refractivity contribution in [1.29, 1.82) is 0 Å².